The highest BCUT2D eigenvalue weighted by Crippen LogP contribution is 2.19. The van der Waals surface area contributed by atoms with Gasteiger partial charge in [-0.1, -0.05) is 38.1 Å². The lowest BCUT2D eigenvalue weighted by molar-refractivity contribution is -0.130. The van der Waals surface area contributed by atoms with Crippen molar-refractivity contribution in [1.82, 2.24) is 10.2 Å². The van der Waals surface area contributed by atoms with Gasteiger partial charge < -0.3 is 10.2 Å². The molecule has 0 aromatic heterocycles. The first kappa shape index (κ1) is 17.0. The predicted octanol–water partition coefficient (Wildman–Crippen LogP) is 3.55. The number of amides is 1. The minimum atomic E-state index is 0.270. The highest BCUT2D eigenvalue weighted by Gasteiger charge is 2.16. The average molecular weight is 302 g/mol. The Kier molecular flexibility index (Phi) is 6.44. The van der Waals surface area contributed by atoms with Gasteiger partial charge in [-0.2, -0.15) is 0 Å². The van der Waals surface area contributed by atoms with Gasteiger partial charge >= 0.3 is 0 Å². The van der Waals surface area contributed by atoms with Crippen LogP contribution >= 0.6 is 0 Å². The molecule has 1 saturated heterocycles. The van der Waals surface area contributed by atoms with E-state index in [1.165, 1.54) is 24.0 Å². The minimum absolute atomic E-state index is 0.270. The van der Waals surface area contributed by atoms with E-state index in [-0.39, 0.29) is 5.91 Å². The molecule has 1 aromatic rings. The molecule has 3 nitrogen and oxygen atoms in total. The Morgan fingerprint density at radius 2 is 1.86 bits per heavy atom. The van der Waals surface area contributed by atoms with Crippen molar-refractivity contribution in [3.63, 3.8) is 0 Å². The van der Waals surface area contributed by atoms with Crippen molar-refractivity contribution in [3.8, 4) is 0 Å². The van der Waals surface area contributed by atoms with Crippen LogP contribution in [0.5, 0.6) is 0 Å². The van der Waals surface area contributed by atoms with Gasteiger partial charge in [-0.05, 0) is 55.3 Å². The van der Waals surface area contributed by atoms with Gasteiger partial charge in [0, 0.05) is 20.0 Å². The molecular weight excluding hydrogens is 272 g/mol. The highest BCUT2D eigenvalue weighted by atomic mass is 16.2. The lowest BCUT2D eigenvalue weighted by atomic mass is 9.93. The largest absolute Gasteiger partial charge is 0.341 e. The molecule has 3 heteroatoms. The number of carbonyl (C=O) groups excluding carboxylic acids is 1. The van der Waals surface area contributed by atoms with Crippen molar-refractivity contribution in [1.29, 1.82) is 0 Å². The number of hydrogen-bond donors (Lipinski definition) is 1. The van der Waals surface area contributed by atoms with E-state index in [9.17, 15) is 4.79 Å². The molecule has 2 rings (SSSR count). The number of rotatable bonds is 6. The maximum Gasteiger partial charge on any atom is 0.222 e. The molecule has 0 unspecified atom stereocenters. The molecule has 0 bridgehead atoms. The van der Waals surface area contributed by atoms with Crippen LogP contribution in [0, 0.1) is 5.92 Å². The zero-order valence-electron chi connectivity index (χ0n) is 14.3. The van der Waals surface area contributed by atoms with Crippen molar-refractivity contribution >= 4 is 5.91 Å². The fourth-order valence-electron chi connectivity index (χ4n) is 3.06. The molecule has 0 aliphatic carbocycles. The van der Waals surface area contributed by atoms with E-state index in [1.807, 2.05) is 11.9 Å². The number of benzene rings is 1. The summed E-state index contributed by atoms with van der Waals surface area (Å²) in [4.78, 5) is 14.1. The summed E-state index contributed by atoms with van der Waals surface area (Å²) in [6.45, 7) is 7.33. The SMILES string of the molecule is CC(C)c1ccc(CN(C)C(=O)CCC2CCNCC2)cc1. The Bertz CT molecular complexity index is 461. The van der Waals surface area contributed by atoms with Gasteiger partial charge in [0.1, 0.15) is 0 Å². The van der Waals surface area contributed by atoms with Gasteiger partial charge in [0.2, 0.25) is 5.91 Å². The van der Waals surface area contributed by atoms with E-state index in [0.29, 0.717) is 18.9 Å². The molecule has 1 fully saturated rings. The minimum Gasteiger partial charge on any atom is -0.341 e. The maximum absolute atomic E-state index is 12.3. The monoisotopic (exact) mass is 302 g/mol. The summed E-state index contributed by atoms with van der Waals surface area (Å²) in [6.07, 6.45) is 4.16. The lowest BCUT2D eigenvalue weighted by Gasteiger charge is -2.23. The predicted molar refractivity (Wildman–Crippen MR) is 91.8 cm³/mol. The molecular formula is C19H30N2O. The normalized spacial score (nSPS) is 16.0. The third-order valence-corrected chi connectivity index (χ3v) is 4.72. The first-order chi connectivity index (χ1) is 10.6. The van der Waals surface area contributed by atoms with Crippen molar-refractivity contribution in [3.05, 3.63) is 35.4 Å². The van der Waals surface area contributed by atoms with Gasteiger partial charge in [0.25, 0.3) is 0 Å². The smallest absolute Gasteiger partial charge is 0.222 e. The van der Waals surface area contributed by atoms with Crippen LogP contribution in [0.25, 0.3) is 0 Å². The Labute approximate surface area is 135 Å². The number of piperidine rings is 1. The molecule has 1 aromatic carbocycles. The topological polar surface area (TPSA) is 32.3 Å². The molecule has 22 heavy (non-hydrogen) atoms. The van der Waals surface area contributed by atoms with Gasteiger partial charge in [0.15, 0.2) is 0 Å². The molecule has 0 saturated carbocycles. The number of nitrogens with zero attached hydrogens (tertiary/aromatic N) is 1. The van der Waals surface area contributed by atoms with Crippen molar-refractivity contribution < 1.29 is 4.79 Å². The summed E-state index contributed by atoms with van der Waals surface area (Å²) in [6, 6.07) is 8.64. The van der Waals surface area contributed by atoms with Crippen LogP contribution in [0.4, 0.5) is 0 Å². The summed E-state index contributed by atoms with van der Waals surface area (Å²) in [5.74, 6) is 1.55. The van der Waals surface area contributed by atoms with Crippen LogP contribution in [0.15, 0.2) is 24.3 Å². The van der Waals surface area contributed by atoms with Crippen LogP contribution in [0.3, 0.4) is 0 Å². The molecule has 1 heterocycles. The van der Waals surface area contributed by atoms with Gasteiger partial charge in [-0.15, -0.1) is 0 Å². The third-order valence-electron chi connectivity index (χ3n) is 4.72. The standard InChI is InChI=1S/C19H30N2O/c1-15(2)18-7-4-17(5-8-18)14-21(3)19(22)9-6-16-10-12-20-13-11-16/h4-5,7-8,15-16,20H,6,9-14H2,1-3H3. The zero-order chi connectivity index (χ0) is 15.9. The second kappa shape index (κ2) is 8.33. The molecule has 1 aliphatic rings. The van der Waals surface area contributed by atoms with Gasteiger partial charge in [-0.25, -0.2) is 0 Å². The second-order valence-electron chi connectivity index (χ2n) is 6.88. The molecule has 122 valence electrons. The summed E-state index contributed by atoms with van der Waals surface area (Å²) in [7, 11) is 1.92. The first-order valence-electron chi connectivity index (χ1n) is 8.59. The summed E-state index contributed by atoms with van der Waals surface area (Å²) < 4.78 is 0. The van der Waals surface area contributed by atoms with E-state index < -0.39 is 0 Å². The van der Waals surface area contributed by atoms with Crippen molar-refractivity contribution in [2.24, 2.45) is 5.92 Å². The van der Waals surface area contributed by atoms with Crippen LogP contribution in [0.1, 0.15) is 56.6 Å². The molecule has 0 atom stereocenters. The number of carbonyl (C=O) groups is 1. The molecule has 1 N–H and O–H groups in total. The van der Waals surface area contributed by atoms with E-state index in [0.717, 1.165) is 25.4 Å². The van der Waals surface area contributed by atoms with Crippen LogP contribution in [-0.4, -0.2) is 30.9 Å². The van der Waals surface area contributed by atoms with Crippen LogP contribution < -0.4 is 5.32 Å². The second-order valence-corrected chi connectivity index (χ2v) is 6.88. The average Bonchev–Trinajstić information content (AvgIpc) is 2.54. The van der Waals surface area contributed by atoms with Crippen LogP contribution in [-0.2, 0) is 11.3 Å². The molecule has 1 aliphatic heterocycles. The van der Waals surface area contributed by atoms with Gasteiger partial charge in [-0.3, -0.25) is 4.79 Å². The Morgan fingerprint density at radius 3 is 2.45 bits per heavy atom. The fraction of sp³-hybridized carbons (Fsp3) is 0.632. The van der Waals surface area contributed by atoms with E-state index in [4.69, 9.17) is 0 Å². The fourth-order valence-corrected chi connectivity index (χ4v) is 3.06. The van der Waals surface area contributed by atoms with E-state index in [1.54, 1.807) is 0 Å². The summed E-state index contributed by atoms with van der Waals surface area (Å²) >= 11 is 0. The number of nitrogens with one attached hydrogen (secondary N) is 1. The Hall–Kier alpha value is -1.35. The van der Waals surface area contributed by atoms with E-state index >= 15 is 0 Å². The maximum atomic E-state index is 12.3. The van der Waals surface area contributed by atoms with E-state index in [2.05, 4.69) is 43.4 Å². The highest BCUT2D eigenvalue weighted by molar-refractivity contribution is 5.75. The van der Waals surface area contributed by atoms with Gasteiger partial charge in [0.05, 0.1) is 0 Å². The molecule has 0 radical (unpaired) electrons. The third kappa shape index (κ3) is 5.13. The Morgan fingerprint density at radius 1 is 1.23 bits per heavy atom. The quantitative estimate of drug-likeness (QED) is 0.871. The molecule has 1 amide bonds. The lowest BCUT2D eigenvalue weighted by Crippen LogP contribution is -2.30. The Balaban J connectivity index is 1.77. The number of hydrogen-bond acceptors (Lipinski definition) is 2. The summed E-state index contributed by atoms with van der Waals surface area (Å²) in [5.41, 5.74) is 2.56. The van der Waals surface area contributed by atoms with Crippen molar-refractivity contribution in [2.45, 2.75) is 52.0 Å². The molecule has 0 spiro atoms. The van der Waals surface area contributed by atoms with Crippen molar-refractivity contribution in [2.75, 3.05) is 20.1 Å². The zero-order valence-corrected chi connectivity index (χ0v) is 14.3. The summed E-state index contributed by atoms with van der Waals surface area (Å²) in [5, 5.41) is 3.37. The van der Waals surface area contributed by atoms with Crippen LogP contribution in [0.2, 0.25) is 0 Å². The first-order valence-corrected chi connectivity index (χ1v) is 8.59.